The van der Waals surface area contributed by atoms with Crippen molar-refractivity contribution >= 4 is 52.7 Å². The maximum Gasteiger partial charge on any atom is 0.397 e. The number of carbonyl (C=O) groups excluding carboxylic acids is 2. The summed E-state index contributed by atoms with van der Waals surface area (Å²) in [6, 6.07) is -0.752. The van der Waals surface area contributed by atoms with Gasteiger partial charge in [-0.1, -0.05) is 5.70 Å². The molecule has 1 aliphatic heterocycles. The van der Waals surface area contributed by atoms with Crippen LogP contribution in [0.2, 0.25) is 6.55 Å². The van der Waals surface area contributed by atoms with Crippen molar-refractivity contribution in [2.75, 3.05) is 0 Å². The highest BCUT2D eigenvalue weighted by Crippen LogP contribution is 2.12. The van der Waals surface area contributed by atoms with E-state index in [9.17, 15) is 9.59 Å². The second-order valence-corrected chi connectivity index (χ2v) is 10.3. The molecule has 0 radical (unpaired) electrons. The summed E-state index contributed by atoms with van der Waals surface area (Å²) in [6.45, 7) is 3.30. The third-order valence-corrected chi connectivity index (χ3v) is 2.87. The second kappa shape index (κ2) is 6.34. The van der Waals surface area contributed by atoms with Crippen LogP contribution in [0, 0.1) is 0 Å². The molecule has 0 spiro atoms. The van der Waals surface area contributed by atoms with Crippen LogP contribution in [0.1, 0.15) is 0 Å². The van der Waals surface area contributed by atoms with Crippen molar-refractivity contribution < 1.29 is 14.4 Å². The van der Waals surface area contributed by atoms with Gasteiger partial charge in [0.05, 0.1) is 0 Å². The van der Waals surface area contributed by atoms with Gasteiger partial charge in [-0.3, -0.25) is 10.1 Å². The molecule has 1 rings (SSSR count). The highest BCUT2D eigenvalue weighted by Gasteiger charge is 2.24. The molecule has 6 nitrogen and oxygen atoms in total. The molecule has 0 atom stereocenters. The minimum atomic E-state index is -1.92. The Kier molecular flexibility index (Phi) is 5.84. The van der Waals surface area contributed by atoms with Crippen LogP contribution in [-0.2, 0) is 4.79 Å². The molecule has 16 heavy (non-hydrogen) atoms. The summed E-state index contributed by atoms with van der Waals surface area (Å²) in [7, 11) is 0. The minimum absolute atomic E-state index is 0.278. The fourth-order valence-electron chi connectivity index (χ4n) is 0.443. The van der Waals surface area contributed by atoms with Crippen LogP contribution < -0.4 is 5.32 Å². The summed E-state index contributed by atoms with van der Waals surface area (Å²) >= 11 is 11.0. The van der Waals surface area contributed by atoms with E-state index in [1.54, 1.807) is 12.2 Å². The molecular formula is C7H8Cl2N4O2Si. The van der Waals surface area contributed by atoms with Crippen molar-refractivity contribution in [1.82, 2.24) is 5.32 Å². The maximum atomic E-state index is 10.5. The topological polar surface area (TPSA) is 94.9 Å². The van der Waals surface area contributed by atoms with Gasteiger partial charge in [0.1, 0.15) is 6.21 Å². The lowest BCUT2D eigenvalue weighted by molar-refractivity contribution is -0.117. The van der Waals surface area contributed by atoms with Crippen LogP contribution in [0.15, 0.2) is 17.3 Å². The summed E-state index contributed by atoms with van der Waals surface area (Å²) < 4.78 is 0. The Morgan fingerprint density at radius 1 is 1.62 bits per heavy atom. The standard InChI is InChI=1S/C4H2N4O2.C3H6Cl2Si/c5-8-2-1-6-4(10)7-3(2)9;1-3-6(2,4)5/h1H,(H,7,9,10);3H,1H2,2H3. The largest absolute Gasteiger partial charge is 0.397 e. The predicted octanol–water partition coefficient (Wildman–Crippen LogP) is 1.24. The van der Waals surface area contributed by atoms with Gasteiger partial charge in [-0.05, 0) is 6.55 Å². The maximum absolute atomic E-state index is 10.5. The van der Waals surface area contributed by atoms with Gasteiger partial charge in [-0.15, -0.1) is 28.7 Å². The lowest BCUT2D eigenvalue weighted by atomic mass is 10.3. The number of aliphatic imine (C=N–C) groups is 1. The highest BCUT2D eigenvalue weighted by atomic mass is 35.7. The van der Waals surface area contributed by atoms with Crippen LogP contribution in [0.4, 0.5) is 4.79 Å². The Morgan fingerprint density at radius 2 is 2.12 bits per heavy atom. The van der Waals surface area contributed by atoms with E-state index < -0.39 is 18.6 Å². The molecular weight excluding hydrogens is 271 g/mol. The van der Waals surface area contributed by atoms with Gasteiger partial charge < -0.3 is 5.53 Å². The van der Waals surface area contributed by atoms with E-state index in [1.165, 1.54) is 0 Å². The number of amides is 3. The number of rotatable bonds is 1. The van der Waals surface area contributed by atoms with E-state index in [1.807, 2.05) is 5.32 Å². The van der Waals surface area contributed by atoms with Gasteiger partial charge in [0.15, 0.2) is 0 Å². The first-order valence-electron chi connectivity index (χ1n) is 3.93. The number of hydrogen-bond acceptors (Lipinski definition) is 2. The summed E-state index contributed by atoms with van der Waals surface area (Å²) in [5, 5.41) is 1.81. The molecule has 0 aliphatic carbocycles. The first-order valence-corrected chi connectivity index (χ1v) is 8.53. The average molecular weight is 279 g/mol. The van der Waals surface area contributed by atoms with E-state index in [4.69, 9.17) is 27.7 Å². The first-order chi connectivity index (χ1) is 7.30. The van der Waals surface area contributed by atoms with Crippen molar-refractivity contribution in [2.24, 2.45) is 4.99 Å². The van der Waals surface area contributed by atoms with Crippen molar-refractivity contribution in [3.8, 4) is 0 Å². The van der Waals surface area contributed by atoms with E-state index in [2.05, 4.69) is 16.4 Å². The molecule has 0 aromatic heterocycles. The molecule has 0 saturated carbocycles. The lowest BCUT2D eigenvalue weighted by Crippen LogP contribution is -2.39. The fourth-order valence-corrected chi connectivity index (χ4v) is 0.443. The summed E-state index contributed by atoms with van der Waals surface area (Å²) in [5.41, 5.74) is 9.40. The number of imide groups is 1. The molecule has 9 heteroatoms. The molecule has 0 fully saturated rings. The third-order valence-electron chi connectivity index (χ3n) is 1.22. The van der Waals surface area contributed by atoms with Crippen molar-refractivity contribution in [2.45, 2.75) is 6.55 Å². The molecule has 0 bridgehead atoms. The predicted molar refractivity (Wildman–Crippen MR) is 64.2 cm³/mol. The molecule has 1 heterocycles. The van der Waals surface area contributed by atoms with Crippen molar-refractivity contribution in [3.63, 3.8) is 0 Å². The van der Waals surface area contributed by atoms with Gasteiger partial charge in [-0.25, -0.2) is 4.79 Å². The number of urea groups is 1. The Labute approximate surface area is 102 Å². The fraction of sp³-hybridized carbons (Fsp3) is 0.143. The van der Waals surface area contributed by atoms with Gasteiger partial charge in [0.25, 0.3) is 6.69 Å². The Hall–Kier alpha value is -1.27. The van der Waals surface area contributed by atoms with Gasteiger partial charge in [0, 0.05) is 0 Å². The normalized spacial score (nSPS) is 14.6. The lowest BCUT2D eigenvalue weighted by Gasteiger charge is -1.96. The zero-order valence-electron chi connectivity index (χ0n) is 8.28. The molecule has 86 valence electrons. The van der Waals surface area contributed by atoms with Crippen LogP contribution in [0.5, 0.6) is 0 Å². The van der Waals surface area contributed by atoms with E-state index in [0.29, 0.717) is 0 Å². The monoisotopic (exact) mass is 278 g/mol. The molecule has 0 saturated heterocycles. The number of nitrogens with one attached hydrogen (secondary N) is 1. The van der Waals surface area contributed by atoms with Gasteiger partial charge in [0.2, 0.25) is 0 Å². The first kappa shape index (κ1) is 14.7. The zero-order valence-corrected chi connectivity index (χ0v) is 10.8. The molecule has 3 amide bonds. The SMILES string of the molecule is C=C[Si](C)(Cl)Cl.[N-]=[N+]=C1C=NC(=O)NC1=O. The number of carbonyl (C=O) groups is 2. The second-order valence-electron chi connectivity index (χ2n) is 2.66. The van der Waals surface area contributed by atoms with E-state index in [0.717, 1.165) is 6.21 Å². The number of hydrogen-bond donors (Lipinski definition) is 1. The van der Waals surface area contributed by atoms with Crippen LogP contribution in [0.25, 0.3) is 5.53 Å². The van der Waals surface area contributed by atoms with Crippen molar-refractivity contribution in [1.29, 1.82) is 0 Å². The third kappa shape index (κ3) is 6.26. The summed E-state index contributed by atoms with van der Waals surface area (Å²) in [4.78, 5) is 26.5. The summed E-state index contributed by atoms with van der Waals surface area (Å²) in [5.74, 6) is -0.748. The highest BCUT2D eigenvalue weighted by molar-refractivity contribution is 7.47. The van der Waals surface area contributed by atoms with Crippen LogP contribution in [0.3, 0.4) is 0 Å². The molecule has 1 N–H and O–H groups in total. The quantitative estimate of drug-likeness (QED) is 0.338. The number of halogens is 2. The van der Waals surface area contributed by atoms with E-state index >= 15 is 0 Å². The van der Waals surface area contributed by atoms with Crippen LogP contribution >= 0.6 is 22.2 Å². The Bertz CT molecular complexity index is 396. The summed E-state index contributed by atoms with van der Waals surface area (Å²) in [6.07, 6.45) is 0.890. The smallest absolute Gasteiger partial charge is 0.360 e. The van der Waals surface area contributed by atoms with Crippen LogP contribution in [-0.4, -0.2) is 35.3 Å². The molecule has 1 aliphatic rings. The Balaban J connectivity index is 0.000000325. The van der Waals surface area contributed by atoms with E-state index in [-0.39, 0.29) is 5.71 Å². The minimum Gasteiger partial charge on any atom is -0.360 e. The Morgan fingerprint density at radius 3 is 2.44 bits per heavy atom. The van der Waals surface area contributed by atoms with Crippen molar-refractivity contribution in [3.05, 3.63) is 17.8 Å². The average Bonchev–Trinajstić information content (AvgIpc) is 2.18. The number of nitrogens with zero attached hydrogens (tertiary/aromatic N) is 3. The molecule has 0 aromatic carbocycles. The molecule has 0 aromatic rings. The van der Waals surface area contributed by atoms with Gasteiger partial charge >= 0.3 is 17.6 Å². The molecule has 0 unspecified atom stereocenters. The van der Waals surface area contributed by atoms with Gasteiger partial charge in [-0.2, -0.15) is 9.78 Å². The zero-order chi connectivity index (χ0) is 12.8.